The van der Waals surface area contributed by atoms with E-state index in [0.717, 1.165) is 16.9 Å². The molecule has 0 fully saturated rings. The number of carbonyl (C=O) groups is 1. The Bertz CT molecular complexity index is 447. The van der Waals surface area contributed by atoms with Crippen molar-refractivity contribution in [2.24, 2.45) is 5.73 Å². The highest BCUT2D eigenvalue weighted by atomic mass is 16.5. The van der Waals surface area contributed by atoms with Crippen LogP contribution in [0.4, 0.5) is 0 Å². The number of hydrogen-bond donors (Lipinski definition) is 1. The summed E-state index contributed by atoms with van der Waals surface area (Å²) in [7, 11) is 3.03. The molecule has 0 heterocycles. The van der Waals surface area contributed by atoms with Crippen LogP contribution in [0, 0.1) is 0 Å². The number of methoxy groups -OCH3 is 2. The van der Waals surface area contributed by atoms with Crippen LogP contribution in [0.5, 0.6) is 5.75 Å². The van der Waals surface area contributed by atoms with E-state index in [2.05, 4.69) is 13.8 Å². The van der Waals surface area contributed by atoms with Gasteiger partial charge in [-0.25, -0.2) is 0 Å². The van der Waals surface area contributed by atoms with Gasteiger partial charge in [-0.2, -0.15) is 0 Å². The number of rotatable bonds is 7. The molecule has 1 aromatic rings. The van der Waals surface area contributed by atoms with Crippen molar-refractivity contribution in [1.29, 1.82) is 0 Å². The van der Waals surface area contributed by atoms with Gasteiger partial charge in [0.1, 0.15) is 5.75 Å². The smallest absolute Gasteiger partial charge is 0.319 e. The third kappa shape index (κ3) is 4.51. The van der Waals surface area contributed by atoms with Crippen molar-refractivity contribution in [3.8, 4) is 5.75 Å². The van der Waals surface area contributed by atoms with E-state index in [-0.39, 0.29) is 18.6 Å². The molecule has 0 aliphatic rings. The van der Waals surface area contributed by atoms with Crippen molar-refractivity contribution in [3.05, 3.63) is 29.3 Å². The van der Waals surface area contributed by atoms with Gasteiger partial charge >= 0.3 is 5.97 Å². The van der Waals surface area contributed by atoms with E-state index in [1.165, 1.54) is 7.11 Å². The minimum atomic E-state index is -0.232. The van der Waals surface area contributed by atoms with Crippen LogP contribution in [0.25, 0.3) is 0 Å². The molecule has 0 amide bonds. The highest BCUT2D eigenvalue weighted by molar-refractivity contribution is 5.71. The number of ether oxygens (including phenoxy) is 2. The second-order valence-corrected chi connectivity index (χ2v) is 4.93. The van der Waals surface area contributed by atoms with E-state index >= 15 is 0 Å². The Kier molecular flexibility index (Phi) is 6.48. The Morgan fingerprint density at radius 3 is 2.55 bits per heavy atom. The van der Waals surface area contributed by atoms with Gasteiger partial charge in [0.15, 0.2) is 0 Å². The fourth-order valence-electron chi connectivity index (χ4n) is 1.94. The molecule has 1 rings (SSSR count). The van der Waals surface area contributed by atoms with E-state index in [4.69, 9.17) is 15.2 Å². The maximum absolute atomic E-state index is 11.4. The molecule has 0 spiro atoms. The lowest BCUT2D eigenvalue weighted by molar-refractivity contribution is -0.142. The summed E-state index contributed by atoms with van der Waals surface area (Å²) in [5, 5.41) is 0. The third-order valence-corrected chi connectivity index (χ3v) is 3.25. The van der Waals surface area contributed by atoms with Crippen LogP contribution in [0.15, 0.2) is 18.2 Å². The van der Waals surface area contributed by atoms with Crippen LogP contribution < -0.4 is 10.5 Å². The van der Waals surface area contributed by atoms with Gasteiger partial charge in [0, 0.05) is 24.7 Å². The average Bonchev–Trinajstić information content (AvgIpc) is 2.45. The van der Waals surface area contributed by atoms with Gasteiger partial charge in [-0.3, -0.25) is 9.69 Å². The summed E-state index contributed by atoms with van der Waals surface area (Å²) in [6.45, 7) is 5.48. The summed E-state index contributed by atoms with van der Waals surface area (Å²) in [5.41, 5.74) is 7.71. The monoisotopic (exact) mass is 280 g/mol. The molecule has 0 unspecified atom stereocenters. The largest absolute Gasteiger partial charge is 0.496 e. The number of carbonyl (C=O) groups excluding carboxylic acids is 1. The molecule has 0 atom stereocenters. The van der Waals surface area contributed by atoms with Crippen molar-refractivity contribution in [2.45, 2.75) is 33.0 Å². The first kappa shape index (κ1) is 16.5. The Morgan fingerprint density at radius 1 is 1.35 bits per heavy atom. The molecule has 0 aliphatic carbocycles. The van der Waals surface area contributed by atoms with Gasteiger partial charge < -0.3 is 15.2 Å². The highest BCUT2D eigenvalue weighted by Crippen LogP contribution is 2.21. The summed E-state index contributed by atoms with van der Waals surface area (Å²) in [6, 6.07) is 6.19. The fourth-order valence-corrected chi connectivity index (χ4v) is 1.94. The van der Waals surface area contributed by atoms with E-state index in [9.17, 15) is 4.79 Å². The lowest BCUT2D eigenvalue weighted by Gasteiger charge is -2.25. The predicted molar refractivity (Wildman–Crippen MR) is 78.4 cm³/mol. The minimum absolute atomic E-state index is 0.232. The Hall–Kier alpha value is -1.59. The first-order chi connectivity index (χ1) is 9.51. The highest BCUT2D eigenvalue weighted by Gasteiger charge is 2.15. The van der Waals surface area contributed by atoms with Gasteiger partial charge in [-0.15, -0.1) is 0 Å². The van der Waals surface area contributed by atoms with Crippen LogP contribution in [0.3, 0.4) is 0 Å². The van der Waals surface area contributed by atoms with E-state index in [0.29, 0.717) is 13.1 Å². The van der Waals surface area contributed by atoms with Crippen LogP contribution in [0.2, 0.25) is 0 Å². The van der Waals surface area contributed by atoms with Crippen LogP contribution in [0.1, 0.15) is 25.0 Å². The maximum Gasteiger partial charge on any atom is 0.319 e. The Labute approximate surface area is 120 Å². The molecule has 0 aliphatic heterocycles. The zero-order valence-corrected chi connectivity index (χ0v) is 12.7. The van der Waals surface area contributed by atoms with Crippen molar-refractivity contribution in [3.63, 3.8) is 0 Å². The second kappa shape index (κ2) is 7.87. The molecule has 0 radical (unpaired) electrons. The zero-order valence-electron chi connectivity index (χ0n) is 12.7. The molecule has 0 aromatic heterocycles. The van der Waals surface area contributed by atoms with E-state index in [1.807, 2.05) is 23.1 Å². The lowest BCUT2D eigenvalue weighted by Crippen LogP contribution is -2.35. The number of hydrogen-bond acceptors (Lipinski definition) is 5. The standard InChI is InChI=1S/C15H24N2O3/c1-11(2)17(10-15(18)20-4)9-12-5-6-13(8-16)14(7-12)19-3/h5-7,11H,8-10,16H2,1-4H3. The SMILES string of the molecule is COC(=O)CN(Cc1ccc(CN)c(OC)c1)C(C)C. The second-order valence-electron chi connectivity index (χ2n) is 4.93. The summed E-state index contributed by atoms with van der Waals surface area (Å²) in [6.07, 6.45) is 0. The summed E-state index contributed by atoms with van der Waals surface area (Å²) in [4.78, 5) is 13.5. The maximum atomic E-state index is 11.4. The molecule has 0 saturated heterocycles. The van der Waals surface area contributed by atoms with Gasteiger partial charge in [0.25, 0.3) is 0 Å². The zero-order chi connectivity index (χ0) is 15.1. The van der Waals surface area contributed by atoms with Gasteiger partial charge in [0.2, 0.25) is 0 Å². The summed E-state index contributed by atoms with van der Waals surface area (Å²) in [5.74, 6) is 0.552. The van der Waals surface area contributed by atoms with Crippen LogP contribution in [-0.2, 0) is 22.6 Å². The van der Waals surface area contributed by atoms with E-state index < -0.39 is 0 Å². The van der Waals surface area contributed by atoms with Crippen molar-refractivity contribution in [2.75, 3.05) is 20.8 Å². The molecule has 0 bridgehead atoms. The Balaban J connectivity index is 2.85. The molecule has 20 heavy (non-hydrogen) atoms. The van der Waals surface area contributed by atoms with Gasteiger partial charge in [0.05, 0.1) is 20.8 Å². The number of esters is 1. The average molecular weight is 280 g/mol. The quantitative estimate of drug-likeness (QED) is 0.767. The predicted octanol–water partition coefficient (Wildman–Crippen LogP) is 1.54. The Morgan fingerprint density at radius 2 is 2.05 bits per heavy atom. The van der Waals surface area contributed by atoms with Gasteiger partial charge in [-0.1, -0.05) is 12.1 Å². The summed E-state index contributed by atoms with van der Waals surface area (Å²) >= 11 is 0. The molecule has 2 N–H and O–H groups in total. The van der Waals surface area contributed by atoms with Crippen LogP contribution in [-0.4, -0.2) is 37.7 Å². The topological polar surface area (TPSA) is 64.8 Å². The molecular formula is C15H24N2O3. The molecule has 1 aromatic carbocycles. The van der Waals surface area contributed by atoms with Crippen molar-refractivity contribution < 1.29 is 14.3 Å². The molecular weight excluding hydrogens is 256 g/mol. The minimum Gasteiger partial charge on any atom is -0.496 e. The number of nitrogens with zero attached hydrogens (tertiary/aromatic N) is 1. The number of benzene rings is 1. The van der Waals surface area contributed by atoms with Crippen molar-refractivity contribution in [1.82, 2.24) is 4.90 Å². The first-order valence-corrected chi connectivity index (χ1v) is 6.68. The molecule has 5 nitrogen and oxygen atoms in total. The van der Waals surface area contributed by atoms with Crippen LogP contribution >= 0.6 is 0 Å². The molecule has 5 heteroatoms. The van der Waals surface area contributed by atoms with E-state index in [1.54, 1.807) is 7.11 Å². The molecule has 0 saturated carbocycles. The molecule has 112 valence electrons. The lowest BCUT2D eigenvalue weighted by atomic mass is 10.1. The first-order valence-electron chi connectivity index (χ1n) is 6.68. The summed E-state index contributed by atoms with van der Waals surface area (Å²) < 4.78 is 10.1. The fraction of sp³-hybridized carbons (Fsp3) is 0.533. The number of nitrogens with two attached hydrogens (primary N) is 1. The third-order valence-electron chi connectivity index (χ3n) is 3.25. The normalized spacial score (nSPS) is 10.9. The van der Waals surface area contributed by atoms with Gasteiger partial charge in [-0.05, 0) is 25.5 Å². The van der Waals surface area contributed by atoms with Crippen molar-refractivity contribution >= 4 is 5.97 Å².